The molecule has 0 aromatic heterocycles. The number of carbonyl (C=O) groups excluding carboxylic acids is 1. The second-order valence-corrected chi connectivity index (χ2v) is 4.57. The second kappa shape index (κ2) is 5.16. The van der Waals surface area contributed by atoms with Gasteiger partial charge < -0.3 is 15.3 Å². The van der Waals surface area contributed by atoms with Crippen LogP contribution in [0.1, 0.15) is 6.42 Å². The lowest BCUT2D eigenvalue weighted by atomic mass is 10.1. The minimum absolute atomic E-state index is 0.237. The summed E-state index contributed by atoms with van der Waals surface area (Å²) in [4.78, 5) is 23.6. The van der Waals surface area contributed by atoms with Crippen LogP contribution in [0.2, 0.25) is 0 Å². The number of hydrogen-bond acceptors (Lipinski definition) is 2. The van der Waals surface area contributed by atoms with Crippen LogP contribution in [0.5, 0.6) is 0 Å². The lowest BCUT2D eigenvalue weighted by Crippen LogP contribution is -2.39. The average Bonchev–Trinajstić information content (AvgIpc) is 2.62. The minimum atomic E-state index is -0.838. The molecule has 1 aliphatic rings. The Labute approximate surface area is 96.3 Å². The fourth-order valence-electron chi connectivity index (χ4n) is 1.43. The van der Waals surface area contributed by atoms with E-state index < -0.39 is 11.9 Å². The molecule has 0 aromatic rings. The van der Waals surface area contributed by atoms with E-state index in [4.69, 9.17) is 5.11 Å². The first kappa shape index (κ1) is 12.0. The highest BCUT2D eigenvalue weighted by molar-refractivity contribution is 9.11. The first-order chi connectivity index (χ1) is 7.00. The molecule has 2 N–H and O–H groups in total. The van der Waals surface area contributed by atoms with Gasteiger partial charge in [-0.05, 0) is 6.42 Å². The molecule has 6 heteroatoms. The van der Waals surface area contributed by atoms with Crippen LogP contribution < -0.4 is 5.32 Å². The van der Waals surface area contributed by atoms with Crippen LogP contribution in [0.4, 0.5) is 4.79 Å². The van der Waals surface area contributed by atoms with Crippen LogP contribution in [-0.4, -0.2) is 41.6 Å². The van der Waals surface area contributed by atoms with Gasteiger partial charge in [0.1, 0.15) is 0 Å². The summed E-state index contributed by atoms with van der Waals surface area (Å²) < 4.78 is 0.685. The SMILES string of the molecule is C=C(Br)CNC(=O)N1CCC(C(=O)O)C1. The van der Waals surface area contributed by atoms with E-state index >= 15 is 0 Å². The van der Waals surface area contributed by atoms with Gasteiger partial charge in [0.05, 0.1) is 12.5 Å². The quantitative estimate of drug-likeness (QED) is 0.809. The maximum Gasteiger partial charge on any atom is 0.317 e. The van der Waals surface area contributed by atoms with Gasteiger partial charge in [0.15, 0.2) is 0 Å². The van der Waals surface area contributed by atoms with Crippen LogP contribution in [0.3, 0.4) is 0 Å². The standard InChI is InChI=1S/C9H13BrN2O3/c1-6(10)4-11-9(15)12-3-2-7(5-12)8(13)14/h7H,1-5H2,(H,11,15)(H,13,14). The zero-order valence-electron chi connectivity index (χ0n) is 8.20. The molecule has 2 amide bonds. The molecule has 15 heavy (non-hydrogen) atoms. The van der Waals surface area contributed by atoms with E-state index in [0.717, 1.165) is 0 Å². The van der Waals surface area contributed by atoms with E-state index in [0.29, 0.717) is 24.0 Å². The Morgan fingerprint density at radius 1 is 1.60 bits per heavy atom. The smallest absolute Gasteiger partial charge is 0.317 e. The number of carbonyl (C=O) groups is 2. The molecule has 1 fully saturated rings. The van der Waals surface area contributed by atoms with Crippen molar-refractivity contribution >= 4 is 27.9 Å². The van der Waals surface area contributed by atoms with Crippen molar-refractivity contribution in [3.8, 4) is 0 Å². The Morgan fingerprint density at radius 2 is 2.27 bits per heavy atom. The highest BCUT2D eigenvalue weighted by Crippen LogP contribution is 2.16. The summed E-state index contributed by atoms with van der Waals surface area (Å²) in [5, 5.41) is 11.4. The predicted octanol–water partition coefficient (Wildman–Crippen LogP) is 1.01. The van der Waals surface area contributed by atoms with Crippen LogP contribution in [0.25, 0.3) is 0 Å². The summed E-state index contributed by atoms with van der Waals surface area (Å²) in [6.07, 6.45) is 0.526. The number of urea groups is 1. The molecule has 0 spiro atoms. The number of halogens is 1. The number of nitrogens with one attached hydrogen (secondary N) is 1. The summed E-state index contributed by atoms with van der Waals surface area (Å²) in [6.45, 7) is 4.73. The summed E-state index contributed by atoms with van der Waals surface area (Å²) in [6, 6.07) is -0.237. The van der Waals surface area contributed by atoms with Crippen LogP contribution in [0, 0.1) is 5.92 Å². The van der Waals surface area contributed by atoms with Crippen molar-refractivity contribution in [2.45, 2.75) is 6.42 Å². The number of carboxylic acid groups (broad SMARTS) is 1. The van der Waals surface area contributed by atoms with E-state index in [2.05, 4.69) is 27.8 Å². The lowest BCUT2D eigenvalue weighted by Gasteiger charge is -2.16. The molecule has 1 heterocycles. The highest BCUT2D eigenvalue weighted by atomic mass is 79.9. The molecule has 1 rings (SSSR count). The number of carboxylic acids is 1. The number of likely N-dealkylation sites (tertiary alicyclic amines) is 1. The molecule has 1 saturated heterocycles. The number of hydrogen-bond donors (Lipinski definition) is 2. The third kappa shape index (κ3) is 3.54. The van der Waals surface area contributed by atoms with Crippen molar-refractivity contribution in [2.75, 3.05) is 19.6 Å². The molecule has 1 aliphatic heterocycles. The molecule has 84 valence electrons. The summed E-state index contributed by atoms with van der Waals surface area (Å²) in [7, 11) is 0. The summed E-state index contributed by atoms with van der Waals surface area (Å²) >= 11 is 3.12. The van der Waals surface area contributed by atoms with Gasteiger partial charge in [0, 0.05) is 17.6 Å². The Morgan fingerprint density at radius 3 is 2.73 bits per heavy atom. The van der Waals surface area contributed by atoms with Crippen molar-refractivity contribution in [1.82, 2.24) is 10.2 Å². The summed E-state index contributed by atoms with van der Waals surface area (Å²) in [5.74, 6) is -1.27. The molecule has 0 aliphatic carbocycles. The second-order valence-electron chi connectivity index (χ2n) is 3.45. The first-order valence-electron chi connectivity index (χ1n) is 4.59. The van der Waals surface area contributed by atoms with Gasteiger partial charge in [-0.25, -0.2) is 4.79 Å². The Bertz CT molecular complexity index is 293. The van der Waals surface area contributed by atoms with E-state index in [1.165, 1.54) is 4.90 Å². The minimum Gasteiger partial charge on any atom is -0.481 e. The normalized spacial score (nSPS) is 20.1. The van der Waals surface area contributed by atoms with Crippen LogP contribution in [0.15, 0.2) is 11.1 Å². The molecule has 0 aromatic carbocycles. The molecular formula is C9H13BrN2O3. The average molecular weight is 277 g/mol. The third-order valence-corrected chi connectivity index (χ3v) is 2.54. The van der Waals surface area contributed by atoms with E-state index in [-0.39, 0.29) is 12.6 Å². The Hall–Kier alpha value is -1.04. The lowest BCUT2D eigenvalue weighted by molar-refractivity contribution is -0.141. The molecule has 1 atom stereocenters. The number of amides is 2. The van der Waals surface area contributed by atoms with E-state index in [9.17, 15) is 9.59 Å². The zero-order chi connectivity index (χ0) is 11.4. The van der Waals surface area contributed by atoms with E-state index in [1.807, 2.05) is 0 Å². The van der Waals surface area contributed by atoms with Crippen molar-refractivity contribution < 1.29 is 14.7 Å². The molecule has 1 unspecified atom stereocenters. The van der Waals surface area contributed by atoms with E-state index in [1.54, 1.807) is 0 Å². The van der Waals surface area contributed by atoms with Gasteiger partial charge in [-0.3, -0.25) is 4.79 Å². The monoisotopic (exact) mass is 276 g/mol. The predicted molar refractivity (Wildman–Crippen MR) is 58.8 cm³/mol. The van der Waals surface area contributed by atoms with Gasteiger partial charge in [0.25, 0.3) is 0 Å². The maximum absolute atomic E-state index is 11.5. The van der Waals surface area contributed by atoms with Crippen LogP contribution >= 0.6 is 15.9 Å². The maximum atomic E-state index is 11.5. The first-order valence-corrected chi connectivity index (χ1v) is 5.39. The van der Waals surface area contributed by atoms with Gasteiger partial charge in [-0.2, -0.15) is 0 Å². The molecule has 5 nitrogen and oxygen atoms in total. The molecular weight excluding hydrogens is 264 g/mol. The molecule has 0 radical (unpaired) electrons. The van der Waals surface area contributed by atoms with Crippen LogP contribution in [-0.2, 0) is 4.79 Å². The topological polar surface area (TPSA) is 69.6 Å². The Balaban J connectivity index is 2.36. The molecule has 0 bridgehead atoms. The van der Waals surface area contributed by atoms with Gasteiger partial charge in [0.2, 0.25) is 0 Å². The molecule has 0 saturated carbocycles. The largest absolute Gasteiger partial charge is 0.481 e. The number of rotatable bonds is 3. The van der Waals surface area contributed by atoms with Gasteiger partial charge >= 0.3 is 12.0 Å². The number of nitrogens with zero attached hydrogens (tertiary/aromatic N) is 1. The number of aliphatic carboxylic acids is 1. The highest BCUT2D eigenvalue weighted by Gasteiger charge is 2.30. The van der Waals surface area contributed by atoms with Gasteiger partial charge in [-0.15, -0.1) is 0 Å². The zero-order valence-corrected chi connectivity index (χ0v) is 9.79. The van der Waals surface area contributed by atoms with Crippen molar-refractivity contribution in [1.29, 1.82) is 0 Å². The summed E-state index contributed by atoms with van der Waals surface area (Å²) in [5.41, 5.74) is 0. The van der Waals surface area contributed by atoms with Gasteiger partial charge in [-0.1, -0.05) is 22.5 Å². The fourth-order valence-corrected chi connectivity index (χ4v) is 1.57. The third-order valence-electron chi connectivity index (χ3n) is 2.26. The van der Waals surface area contributed by atoms with Crippen molar-refractivity contribution in [2.24, 2.45) is 5.92 Å². The Kier molecular flexibility index (Phi) is 4.14. The van der Waals surface area contributed by atoms with Crippen molar-refractivity contribution in [3.05, 3.63) is 11.1 Å². The fraction of sp³-hybridized carbons (Fsp3) is 0.556. The van der Waals surface area contributed by atoms with Crippen molar-refractivity contribution in [3.63, 3.8) is 0 Å².